The van der Waals surface area contributed by atoms with Crippen LogP contribution in [0.15, 0.2) is 4.52 Å². The molecule has 158 valence electrons. The standard InChI is InChI=1S/C21H35N3O4/c25-18-11-9-17(10-12-18)22-14-19-23-21(28-24-19)16(13-20(26)27)8-4-7-15-5-2-1-3-6-15/h15-18,22,25H,1-14H2,(H,26,27)/t16-,17?,18?/m1/s1. The fourth-order valence-corrected chi connectivity index (χ4v) is 4.67. The second kappa shape index (κ2) is 10.9. The molecule has 3 rings (SSSR count). The highest BCUT2D eigenvalue weighted by Gasteiger charge is 2.24. The van der Waals surface area contributed by atoms with Crippen molar-refractivity contribution in [1.82, 2.24) is 15.5 Å². The molecular formula is C21H35N3O4. The van der Waals surface area contributed by atoms with Gasteiger partial charge in [-0.1, -0.05) is 50.1 Å². The zero-order valence-electron chi connectivity index (χ0n) is 16.8. The van der Waals surface area contributed by atoms with Gasteiger partial charge in [0.2, 0.25) is 5.89 Å². The molecule has 0 unspecified atom stereocenters. The van der Waals surface area contributed by atoms with Gasteiger partial charge >= 0.3 is 5.97 Å². The number of carbonyl (C=O) groups is 1. The first-order valence-electron chi connectivity index (χ1n) is 11.1. The van der Waals surface area contributed by atoms with Gasteiger partial charge in [0.1, 0.15) is 0 Å². The molecule has 1 aromatic heterocycles. The molecule has 1 atom stereocenters. The molecule has 28 heavy (non-hydrogen) atoms. The molecule has 7 nitrogen and oxygen atoms in total. The van der Waals surface area contributed by atoms with Crippen LogP contribution in [-0.2, 0) is 11.3 Å². The number of aliphatic hydroxyl groups is 1. The Morgan fingerprint density at radius 3 is 2.61 bits per heavy atom. The maximum atomic E-state index is 11.3. The molecule has 7 heteroatoms. The molecule has 0 spiro atoms. The fourth-order valence-electron chi connectivity index (χ4n) is 4.67. The van der Waals surface area contributed by atoms with Gasteiger partial charge < -0.3 is 20.1 Å². The first kappa shape index (κ1) is 21.2. The molecule has 2 aliphatic rings. The molecule has 0 saturated heterocycles. The van der Waals surface area contributed by atoms with E-state index in [0.717, 1.165) is 44.4 Å². The number of aliphatic hydroxyl groups excluding tert-OH is 1. The highest BCUT2D eigenvalue weighted by atomic mass is 16.5. The van der Waals surface area contributed by atoms with E-state index in [9.17, 15) is 15.0 Å². The van der Waals surface area contributed by atoms with Crippen molar-refractivity contribution in [3.05, 3.63) is 11.7 Å². The number of hydrogen-bond donors (Lipinski definition) is 3. The Morgan fingerprint density at radius 2 is 1.89 bits per heavy atom. The van der Waals surface area contributed by atoms with Crippen LogP contribution in [0, 0.1) is 5.92 Å². The van der Waals surface area contributed by atoms with E-state index in [1.807, 2.05) is 0 Å². The maximum Gasteiger partial charge on any atom is 0.304 e. The summed E-state index contributed by atoms with van der Waals surface area (Å²) in [4.78, 5) is 15.8. The smallest absolute Gasteiger partial charge is 0.304 e. The van der Waals surface area contributed by atoms with Crippen molar-refractivity contribution in [3.63, 3.8) is 0 Å². The van der Waals surface area contributed by atoms with E-state index < -0.39 is 5.97 Å². The topological polar surface area (TPSA) is 108 Å². The lowest BCUT2D eigenvalue weighted by Crippen LogP contribution is -2.34. The van der Waals surface area contributed by atoms with E-state index in [2.05, 4.69) is 15.5 Å². The number of rotatable bonds is 10. The number of hydrogen-bond acceptors (Lipinski definition) is 6. The average molecular weight is 394 g/mol. The van der Waals surface area contributed by atoms with Gasteiger partial charge in [0.05, 0.1) is 19.1 Å². The fraction of sp³-hybridized carbons (Fsp3) is 0.857. The van der Waals surface area contributed by atoms with Gasteiger partial charge in [-0.15, -0.1) is 0 Å². The van der Waals surface area contributed by atoms with Gasteiger partial charge in [-0.25, -0.2) is 0 Å². The first-order chi connectivity index (χ1) is 13.6. The average Bonchev–Trinajstić information content (AvgIpc) is 3.16. The zero-order chi connectivity index (χ0) is 19.8. The quantitative estimate of drug-likeness (QED) is 0.555. The molecule has 1 aromatic rings. The number of carboxylic acid groups (broad SMARTS) is 1. The summed E-state index contributed by atoms with van der Waals surface area (Å²) in [6.07, 6.45) is 13.1. The van der Waals surface area contributed by atoms with Crippen molar-refractivity contribution in [2.24, 2.45) is 5.92 Å². The molecule has 0 bridgehead atoms. The molecule has 1 heterocycles. The van der Waals surface area contributed by atoms with Crippen LogP contribution >= 0.6 is 0 Å². The second-order valence-electron chi connectivity index (χ2n) is 8.66. The van der Waals surface area contributed by atoms with Crippen molar-refractivity contribution < 1.29 is 19.5 Å². The van der Waals surface area contributed by atoms with Crippen molar-refractivity contribution in [3.8, 4) is 0 Å². The summed E-state index contributed by atoms with van der Waals surface area (Å²) in [5, 5.41) is 26.3. The van der Waals surface area contributed by atoms with Crippen LogP contribution in [0.3, 0.4) is 0 Å². The Labute approximate surface area is 167 Å². The SMILES string of the molecule is O=C(O)C[C@@H](CCCC1CCCCC1)c1nc(CNC2CCC(O)CC2)no1. The Hall–Kier alpha value is -1.47. The predicted octanol–water partition coefficient (Wildman–Crippen LogP) is 3.77. The van der Waals surface area contributed by atoms with Gasteiger partial charge in [0.15, 0.2) is 5.82 Å². The molecule has 2 aliphatic carbocycles. The number of nitrogens with one attached hydrogen (secondary N) is 1. The number of aliphatic carboxylic acids is 1. The van der Waals surface area contributed by atoms with Gasteiger partial charge in [0, 0.05) is 12.0 Å². The molecular weight excluding hydrogens is 358 g/mol. The summed E-state index contributed by atoms with van der Waals surface area (Å²) >= 11 is 0. The maximum absolute atomic E-state index is 11.3. The number of carboxylic acids is 1. The number of nitrogens with zero attached hydrogens (tertiary/aromatic N) is 2. The summed E-state index contributed by atoms with van der Waals surface area (Å²) in [5.74, 6) is 0.829. The molecule has 0 radical (unpaired) electrons. The Morgan fingerprint density at radius 1 is 1.14 bits per heavy atom. The minimum Gasteiger partial charge on any atom is -0.481 e. The van der Waals surface area contributed by atoms with E-state index >= 15 is 0 Å². The third-order valence-corrected chi connectivity index (χ3v) is 6.39. The minimum atomic E-state index is -0.818. The van der Waals surface area contributed by atoms with Crippen molar-refractivity contribution in [1.29, 1.82) is 0 Å². The molecule has 2 saturated carbocycles. The predicted molar refractivity (Wildman–Crippen MR) is 105 cm³/mol. The molecule has 0 amide bonds. The van der Waals surface area contributed by atoms with E-state index in [0.29, 0.717) is 24.3 Å². The lowest BCUT2D eigenvalue weighted by Gasteiger charge is -2.25. The van der Waals surface area contributed by atoms with Crippen LogP contribution in [-0.4, -0.2) is 38.5 Å². The van der Waals surface area contributed by atoms with E-state index in [1.54, 1.807) is 0 Å². The van der Waals surface area contributed by atoms with E-state index in [-0.39, 0.29) is 18.4 Å². The summed E-state index contributed by atoms with van der Waals surface area (Å²) in [7, 11) is 0. The Bertz CT molecular complexity index is 592. The largest absolute Gasteiger partial charge is 0.481 e. The van der Waals surface area contributed by atoms with Crippen LogP contribution in [0.1, 0.15) is 101 Å². The Kier molecular flexibility index (Phi) is 8.27. The van der Waals surface area contributed by atoms with Crippen molar-refractivity contribution in [2.45, 2.75) is 108 Å². The number of aromatic nitrogens is 2. The van der Waals surface area contributed by atoms with E-state index in [4.69, 9.17) is 4.52 Å². The normalized spacial score (nSPS) is 24.9. The van der Waals surface area contributed by atoms with Crippen molar-refractivity contribution in [2.75, 3.05) is 0 Å². The van der Waals surface area contributed by atoms with Gasteiger partial charge in [-0.05, 0) is 38.0 Å². The monoisotopic (exact) mass is 393 g/mol. The summed E-state index contributed by atoms with van der Waals surface area (Å²) in [5.41, 5.74) is 0. The summed E-state index contributed by atoms with van der Waals surface area (Å²) < 4.78 is 5.42. The summed E-state index contributed by atoms with van der Waals surface area (Å²) in [6, 6.07) is 0.371. The van der Waals surface area contributed by atoms with Crippen LogP contribution < -0.4 is 5.32 Å². The van der Waals surface area contributed by atoms with Crippen LogP contribution in [0.2, 0.25) is 0 Å². The third-order valence-electron chi connectivity index (χ3n) is 6.39. The summed E-state index contributed by atoms with van der Waals surface area (Å²) in [6.45, 7) is 0.520. The van der Waals surface area contributed by atoms with Gasteiger partial charge in [-0.2, -0.15) is 4.98 Å². The molecule has 2 fully saturated rings. The van der Waals surface area contributed by atoms with Crippen molar-refractivity contribution >= 4 is 5.97 Å². The van der Waals surface area contributed by atoms with Gasteiger partial charge in [-0.3, -0.25) is 4.79 Å². The van der Waals surface area contributed by atoms with Gasteiger partial charge in [0.25, 0.3) is 0 Å². The molecule has 3 N–H and O–H groups in total. The minimum absolute atomic E-state index is 0.0419. The highest BCUT2D eigenvalue weighted by molar-refractivity contribution is 5.67. The third kappa shape index (κ3) is 6.85. The highest BCUT2D eigenvalue weighted by Crippen LogP contribution is 2.31. The lowest BCUT2D eigenvalue weighted by atomic mass is 9.84. The van der Waals surface area contributed by atoms with Crippen LogP contribution in [0.25, 0.3) is 0 Å². The molecule has 0 aromatic carbocycles. The molecule has 0 aliphatic heterocycles. The van der Waals surface area contributed by atoms with E-state index in [1.165, 1.54) is 38.5 Å². The Balaban J connectivity index is 1.47. The first-order valence-corrected chi connectivity index (χ1v) is 11.1. The zero-order valence-corrected chi connectivity index (χ0v) is 16.8. The van der Waals surface area contributed by atoms with Crippen LogP contribution in [0.5, 0.6) is 0 Å². The second-order valence-corrected chi connectivity index (χ2v) is 8.66. The lowest BCUT2D eigenvalue weighted by molar-refractivity contribution is -0.137. The van der Waals surface area contributed by atoms with Crippen LogP contribution in [0.4, 0.5) is 0 Å².